The lowest BCUT2D eigenvalue weighted by Crippen LogP contribution is -2.27. The molecule has 1 amide bonds. The number of nitrogens with zero attached hydrogens (tertiary/aromatic N) is 4. The quantitative estimate of drug-likeness (QED) is 0.522. The molecule has 0 unspecified atom stereocenters. The van der Waals surface area contributed by atoms with E-state index in [-0.39, 0.29) is 16.8 Å². The highest BCUT2D eigenvalue weighted by molar-refractivity contribution is 7.90. The summed E-state index contributed by atoms with van der Waals surface area (Å²) < 4.78 is 23.2. The Balaban J connectivity index is 1.43. The summed E-state index contributed by atoms with van der Waals surface area (Å²) in [4.78, 5) is 29.6. The van der Waals surface area contributed by atoms with Crippen LogP contribution < -0.4 is 5.32 Å². The summed E-state index contributed by atoms with van der Waals surface area (Å²) in [5.41, 5.74) is 1.75. The summed E-state index contributed by atoms with van der Waals surface area (Å²) >= 11 is 7.29. The van der Waals surface area contributed by atoms with Crippen molar-refractivity contribution < 1.29 is 13.2 Å². The third-order valence-electron chi connectivity index (χ3n) is 5.40. The summed E-state index contributed by atoms with van der Waals surface area (Å²) in [6, 6.07) is 6.55. The number of benzene rings is 1. The molecule has 0 saturated carbocycles. The van der Waals surface area contributed by atoms with Crippen LogP contribution in [0.1, 0.15) is 51.7 Å². The van der Waals surface area contributed by atoms with Crippen LogP contribution in [0.25, 0.3) is 0 Å². The lowest BCUT2D eigenvalue weighted by Gasteiger charge is -2.26. The summed E-state index contributed by atoms with van der Waals surface area (Å²) in [5, 5.41) is 3.81. The van der Waals surface area contributed by atoms with E-state index in [9.17, 15) is 13.2 Å². The van der Waals surface area contributed by atoms with E-state index in [2.05, 4.69) is 39.0 Å². The van der Waals surface area contributed by atoms with Gasteiger partial charge in [0.2, 0.25) is 0 Å². The van der Waals surface area contributed by atoms with Gasteiger partial charge in [0.1, 0.15) is 5.82 Å². The van der Waals surface area contributed by atoms with Crippen molar-refractivity contribution in [1.82, 2.24) is 25.2 Å². The number of hydrogen-bond donors (Lipinski definition) is 1. The van der Waals surface area contributed by atoms with Crippen LogP contribution >= 0.6 is 22.9 Å². The van der Waals surface area contributed by atoms with Crippen molar-refractivity contribution in [3.63, 3.8) is 0 Å². The monoisotopic (exact) mass is 505 g/mol. The average Bonchev–Trinajstić information content (AvgIpc) is 3.30. The molecule has 8 nitrogen and oxygen atoms in total. The van der Waals surface area contributed by atoms with Crippen LogP contribution in [-0.4, -0.2) is 40.4 Å². The molecular weight excluding hydrogens is 482 g/mol. The van der Waals surface area contributed by atoms with Crippen LogP contribution in [-0.2, 0) is 29.5 Å². The fraction of sp³-hybridized carbons (Fsp3) is 0.364. The van der Waals surface area contributed by atoms with Crippen molar-refractivity contribution in [3.05, 3.63) is 68.6 Å². The maximum atomic E-state index is 12.7. The standard InChI is InChI=1S/C22H24ClN5O3S2/c1-13(2)20-19-17(11-28(20)12-18-24-9-15(23)10-25-18)32-22(27-19)21(29)26-8-14-4-6-16(7-5-14)33(3,30)31/h4-7,9-10,13,20H,8,11-12H2,1-3H3,(H,26,29)/t20-/m0/s1. The molecule has 0 fully saturated rings. The third-order valence-corrected chi connectivity index (χ3v) is 7.77. The highest BCUT2D eigenvalue weighted by Gasteiger charge is 2.37. The number of fused-ring (bicyclic) bond motifs is 1. The first-order valence-corrected chi connectivity index (χ1v) is 13.5. The van der Waals surface area contributed by atoms with Gasteiger partial charge in [-0.25, -0.2) is 23.4 Å². The number of rotatable bonds is 7. The zero-order chi connectivity index (χ0) is 23.8. The fourth-order valence-corrected chi connectivity index (χ4v) is 5.64. The van der Waals surface area contributed by atoms with Crippen LogP contribution in [0.15, 0.2) is 41.6 Å². The molecular formula is C22H24ClN5O3S2. The Morgan fingerprint density at radius 1 is 1.24 bits per heavy atom. The first-order chi connectivity index (χ1) is 15.6. The van der Waals surface area contributed by atoms with E-state index in [4.69, 9.17) is 11.6 Å². The van der Waals surface area contributed by atoms with Crippen LogP contribution in [0.2, 0.25) is 5.02 Å². The van der Waals surface area contributed by atoms with Gasteiger partial charge in [0.15, 0.2) is 14.8 Å². The first kappa shape index (κ1) is 23.7. The molecule has 174 valence electrons. The van der Waals surface area contributed by atoms with E-state index in [1.807, 2.05) is 0 Å². The number of carbonyl (C=O) groups excluding carboxylic acids is 1. The smallest absolute Gasteiger partial charge is 0.280 e. The Labute approximate surface area is 202 Å². The predicted molar refractivity (Wildman–Crippen MR) is 127 cm³/mol. The molecule has 2 aromatic heterocycles. The van der Waals surface area contributed by atoms with Crippen molar-refractivity contribution >= 4 is 38.7 Å². The Morgan fingerprint density at radius 2 is 1.91 bits per heavy atom. The molecule has 1 aliphatic rings. The fourth-order valence-electron chi connectivity index (χ4n) is 3.87. The largest absolute Gasteiger partial charge is 0.346 e. The number of thiazole rings is 1. The van der Waals surface area contributed by atoms with Gasteiger partial charge in [-0.2, -0.15) is 0 Å². The highest BCUT2D eigenvalue weighted by atomic mass is 35.5. The molecule has 3 aromatic rings. The van der Waals surface area contributed by atoms with Crippen LogP contribution in [0, 0.1) is 5.92 Å². The normalized spacial score (nSPS) is 16.2. The minimum absolute atomic E-state index is 0.0700. The number of aromatic nitrogens is 3. The topological polar surface area (TPSA) is 105 Å². The maximum absolute atomic E-state index is 12.7. The molecule has 0 spiro atoms. The van der Waals surface area contributed by atoms with E-state index >= 15 is 0 Å². The van der Waals surface area contributed by atoms with Gasteiger partial charge in [0.25, 0.3) is 5.91 Å². The van der Waals surface area contributed by atoms with Gasteiger partial charge in [-0.1, -0.05) is 37.6 Å². The number of nitrogens with one attached hydrogen (secondary N) is 1. The Bertz CT molecular complexity index is 1260. The maximum Gasteiger partial charge on any atom is 0.280 e. The lowest BCUT2D eigenvalue weighted by atomic mass is 10.0. The minimum atomic E-state index is -3.24. The van der Waals surface area contributed by atoms with Gasteiger partial charge in [-0.15, -0.1) is 11.3 Å². The molecule has 1 N–H and O–H groups in total. The summed E-state index contributed by atoms with van der Waals surface area (Å²) in [7, 11) is -3.24. The summed E-state index contributed by atoms with van der Waals surface area (Å²) in [6.07, 6.45) is 4.35. The molecule has 1 aromatic carbocycles. The van der Waals surface area contributed by atoms with Gasteiger partial charge in [0.05, 0.1) is 28.2 Å². The average molecular weight is 506 g/mol. The van der Waals surface area contributed by atoms with Gasteiger partial charge >= 0.3 is 0 Å². The zero-order valence-electron chi connectivity index (χ0n) is 18.4. The minimum Gasteiger partial charge on any atom is -0.346 e. The predicted octanol–water partition coefficient (Wildman–Crippen LogP) is 3.63. The van der Waals surface area contributed by atoms with E-state index in [0.29, 0.717) is 41.4 Å². The number of halogens is 1. The van der Waals surface area contributed by atoms with Crippen LogP contribution in [0.3, 0.4) is 0 Å². The van der Waals surface area contributed by atoms with Crippen molar-refractivity contribution in [2.24, 2.45) is 5.92 Å². The molecule has 33 heavy (non-hydrogen) atoms. The highest BCUT2D eigenvalue weighted by Crippen LogP contribution is 2.41. The van der Waals surface area contributed by atoms with Crippen LogP contribution in [0.5, 0.6) is 0 Å². The van der Waals surface area contributed by atoms with Crippen molar-refractivity contribution in [1.29, 1.82) is 0 Å². The molecule has 4 rings (SSSR count). The number of amides is 1. The van der Waals surface area contributed by atoms with Crippen molar-refractivity contribution in [2.75, 3.05) is 6.26 Å². The number of hydrogen-bond acceptors (Lipinski definition) is 8. The summed E-state index contributed by atoms with van der Waals surface area (Å²) in [6.45, 7) is 5.82. The molecule has 1 atom stereocenters. The SMILES string of the molecule is CC(C)[C@H]1c2nc(C(=O)NCc3ccc(S(C)(=O)=O)cc3)sc2CN1Cc1ncc(Cl)cn1. The van der Waals surface area contributed by atoms with Crippen molar-refractivity contribution in [3.8, 4) is 0 Å². The van der Waals surface area contributed by atoms with Gasteiger partial charge in [-0.3, -0.25) is 9.69 Å². The van der Waals surface area contributed by atoms with E-state index < -0.39 is 9.84 Å². The molecule has 0 radical (unpaired) electrons. The molecule has 0 saturated heterocycles. The molecule has 11 heteroatoms. The molecule has 1 aliphatic heterocycles. The van der Waals surface area contributed by atoms with E-state index in [1.165, 1.54) is 17.6 Å². The van der Waals surface area contributed by atoms with Crippen LogP contribution in [0.4, 0.5) is 0 Å². The Hall–Kier alpha value is -2.40. The Kier molecular flexibility index (Phi) is 6.81. The number of sulfone groups is 1. The molecule has 0 bridgehead atoms. The van der Waals surface area contributed by atoms with E-state index in [0.717, 1.165) is 16.1 Å². The zero-order valence-corrected chi connectivity index (χ0v) is 20.8. The van der Waals surface area contributed by atoms with Gasteiger partial charge < -0.3 is 5.32 Å². The second-order valence-corrected chi connectivity index (χ2v) is 11.9. The van der Waals surface area contributed by atoms with E-state index in [1.54, 1.807) is 36.7 Å². The third kappa shape index (κ3) is 5.40. The van der Waals surface area contributed by atoms with Gasteiger partial charge in [-0.05, 0) is 23.6 Å². The number of carbonyl (C=O) groups is 1. The second kappa shape index (κ2) is 9.46. The molecule has 3 heterocycles. The molecule has 0 aliphatic carbocycles. The van der Waals surface area contributed by atoms with Gasteiger partial charge in [0, 0.05) is 36.6 Å². The lowest BCUT2D eigenvalue weighted by molar-refractivity contribution is 0.0949. The Morgan fingerprint density at radius 3 is 2.52 bits per heavy atom. The second-order valence-electron chi connectivity index (χ2n) is 8.34. The summed E-state index contributed by atoms with van der Waals surface area (Å²) in [5.74, 6) is 0.752. The van der Waals surface area contributed by atoms with Crippen molar-refractivity contribution in [2.45, 2.75) is 44.4 Å². The first-order valence-electron chi connectivity index (χ1n) is 10.4.